The van der Waals surface area contributed by atoms with Crippen molar-refractivity contribution in [2.45, 2.75) is 19.5 Å². The highest BCUT2D eigenvalue weighted by molar-refractivity contribution is 9.11. The molecule has 18 heavy (non-hydrogen) atoms. The zero-order chi connectivity index (χ0) is 13.0. The minimum Gasteiger partial charge on any atom is -0.329 e. The van der Waals surface area contributed by atoms with Crippen molar-refractivity contribution in [2.24, 2.45) is 5.73 Å². The minimum atomic E-state index is 0.313. The summed E-state index contributed by atoms with van der Waals surface area (Å²) in [6.45, 7) is 4.84. The van der Waals surface area contributed by atoms with Gasteiger partial charge in [0.25, 0.3) is 0 Å². The van der Waals surface area contributed by atoms with Crippen molar-refractivity contribution in [3.63, 3.8) is 0 Å². The quantitative estimate of drug-likeness (QED) is 0.854. The predicted octanol–water partition coefficient (Wildman–Crippen LogP) is 4.09. The Labute approximate surface area is 125 Å². The van der Waals surface area contributed by atoms with Crippen LogP contribution in [0.5, 0.6) is 0 Å². The lowest BCUT2D eigenvalue weighted by Crippen LogP contribution is -2.32. The Bertz CT molecular complexity index is 467. The summed E-state index contributed by atoms with van der Waals surface area (Å²) in [7, 11) is 0. The van der Waals surface area contributed by atoms with Crippen LogP contribution in [0.25, 0.3) is 0 Å². The van der Waals surface area contributed by atoms with Crippen molar-refractivity contribution < 1.29 is 0 Å². The Morgan fingerprint density at radius 1 is 1.39 bits per heavy atom. The number of nitrogens with zero attached hydrogens (tertiary/aromatic N) is 1. The molecule has 5 heteroatoms. The number of hydrogen-bond acceptors (Lipinski definition) is 4. The molecule has 0 fully saturated rings. The van der Waals surface area contributed by atoms with E-state index < -0.39 is 0 Å². The monoisotopic (exact) mass is 344 g/mol. The summed E-state index contributed by atoms with van der Waals surface area (Å²) in [6, 6.07) is 8.87. The molecule has 0 saturated carbocycles. The van der Waals surface area contributed by atoms with E-state index in [1.54, 1.807) is 22.7 Å². The van der Waals surface area contributed by atoms with Gasteiger partial charge in [0.1, 0.15) is 0 Å². The van der Waals surface area contributed by atoms with E-state index in [2.05, 4.69) is 57.4 Å². The van der Waals surface area contributed by atoms with Crippen LogP contribution in [-0.2, 0) is 6.54 Å². The lowest BCUT2D eigenvalue weighted by molar-refractivity contribution is 0.208. The summed E-state index contributed by atoms with van der Waals surface area (Å²) < 4.78 is 1.17. The molecule has 0 radical (unpaired) electrons. The third-order valence-electron chi connectivity index (χ3n) is 2.93. The van der Waals surface area contributed by atoms with Gasteiger partial charge in [0.2, 0.25) is 0 Å². The summed E-state index contributed by atoms with van der Waals surface area (Å²) in [5, 5.41) is 2.13. The average molecular weight is 345 g/mol. The molecule has 0 aliphatic heterocycles. The first-order chi connectivity index (χ1) is 8.74. The van der Waals surface area contributed by atoms with Gasteiger partial charge >= 0.3 is 0 Å². The minimum absolute atomic E-state index is 0.313. The van der Waals surface area contributed by atoms with E-state index in [9.17, 15) is 0 Å². The molecule has 1 unspecified atom stereocenters. The van der Waals surface area contributed by atoms with Crippen molar-refractivity contribution in [2.75, 3.05) is 13.1 Å². The average Bonchev–Trinajstić information content (AvgIpc) is 3.01. The molecule has 0 amide bonds. The SMILES string of the molecule is CCN(Cc1cccs1)C(CN)c1ccc(Br)s1. The highest BCUT2D eigenvalue weighted by Gasteiger charge is 2.19. The molecule has 0 saturated heterocycles. The zero-order valence-electron chi connectivity index (χ0n) is 10.3. The van der Waals surface area contributed by atoms with Crippen LogP contribution in [0.15, 0.2) is 33.4 Å². The number of halogens is 1. The number of hydrogen-bond donors (Lipinski definition) is 1. The van der Waals surface area contributed by atoms with Gasteiger partial charge in [-0.05, 0) is 46.1 Å². The number of nitrogens with two attached hydrogens (primary N) is 1. The van der Waals surface area contributed by atoms with Crippen LogP contribution in [0.3, 0.4) is 0 Å². The van der Waals surface area contributed by atoms with Crippen LogP contribution in [0.4, 0.5) is 0 Å². The number of rotatable bonds is 6. The van der Waals surface area contributed by atoms with Crippen LogP contribution in [0.1, 0.15) is 22.7 Å². The van der Waals surface area contributed by atoms with Crippen LogP contribution >= 0.6 is 38.6 Å². The van der Waals surface area contributed by atoms with Crippen LogP contribution < -0.4 is 5.73 Å². The molecule has 2 aromatic heterocycles. The molecule has 0 aliphatic carbocycles. The maximum Gasteiger partial charge on any atom is 0.0702 e. The van der Waals surface area contributed by atoms with Crippen LogP contribution in [0, 0.1) is 0 Å². The Morgan fingerprint density at radius 2 is 2.22 bits per heavy atom. The Kier molecular flexibility index (Phi) is 5.38. The fourth-order valence-electron chi connectivity index (χ4n) is 2.00. The summed E-state index contributed by atoms with van der Waals surface area (Å²) >= 11 is 7.10. The van der Waals surface area contributed by atoms with Crippen molar-refractivity contribution in [1.82, 2.24) is 4.90 Å². The predicted molar refractivity (Wildman–Crippen MR) is 84.2 cm³/mol. The summed E-state index contributed by atoms with van der Waals surface area (Å²) in [4.78, 5) is 5.16. The second kappa shape index (κ2) is 6.82. The van der Waals surface area contributed by atoms with Crippen molar-refractivity contribution in [1.29, 1.82) is 0 Å². The molecular formula is C13H17BrN2S2. The van der Waals surface area contributed by atoms with Gasteiger partial charge in [-0.25, -0.2) is 0 Å². The highest BCUT2D eigenvalue weighted by Crippen LogP contribution is 2.31. The van der Waals surface area contributed by atoms with E-state index >= 15 is 0 Å². The molecular weight excluding hydrogens is 328 g/mol. The molecule has 2 rings (SSSR count). The molecule has 0 spiro atoms. The van der Waals surface area contributed by atoms with Gasteiger partial charge in [0.15, 0.2) is 0 Å². The van der Waals surface area contributed by atoms with E-state index in [0.717, 1.165) is 13.1 Å². The maximum absolute atomic E-state index is 5.97. The normalized spacial score (nSPS) is 13.1. The summed E-state index contributed by atoms with van der Waals surface area (Å²) in [6.07, 6.45) is 0. The lowest BCUT2D eigenvalue weighted by Gasteiger charge is -2.28. The number of likely N-dealkylation sites (N-methyl/N-ethyl adjacent to an activating group) is 1. The van der Waals surface area contributed by atoms with E-state index in [4.69, 9.17) is 5.73 Å². The zero-order valence-corrected chi connectivity index (χ0v) is 13.5. The molecule has 0 aromatic carbocycles. The Balaban J connectivity index is 2.13. The van der Waals surface area contributed by atoms with E-state index in [1.807, 2.05) is 0 Å². The maximum atomic E-state index is 5.97. The first-order valence-corrected chi connectivity index (χ1v) is 8.45. The van der Waals surface area contributed by atoms with Crippen LogP contribution in [-0.4, -0.2) is 18.0 Å². The van der Waals surface area contributed by atoms with Gasteiger partial charge in [0, 0.05) is 22.8 Å². The molecule has 1 atom stereocenters. The second-order valence-electron chi connectivity index (χ2n) is 4.04. The van der Waals surface area contributed by atoms with Gasteiger partial charge in [-0.3, -0.25) is 4.90 Å². The number of thiophene rings is 2. The van der Waals surface area contributed by atoms with Crippen molar-refractivity contribution in [3.05, 3.63) is 43.2 Å². The first kappa shape index (κ1) is 14.2. The van der Waals surface area contributed by atoms with Crippen molar-refractivity contribution in [3.8, 4) is 0 Å². The molecule has 0 aliphatic rings. The smallest absolute Gasteiger partial charge is 0.0702 e. The van der Waals surface area contributed by atoms with Gasteiger partial charge in [-0.1, -0.05) is 13.0 Å². The lowest BCUT2D eigenvalue weighted by atomic mass is 10.2. The molecule has 0 bridgehead atoms. The second-order valence-corrected chi connectivity index (χ2v) is 7.56. The fourth-order valence-corrected chi connectivity index (χ4v) is 4.30. The van der Waals surface area contributed by atoms with Gasteiger partial charge in [-0.2, -0.15) is 0 Å². The highest BCUT2D eigenvalue weighted by atomic mass is 79.9. The van der Waals surface area contributed by atoms with E-state index in [0.29, 0.717) is 12.6 Å². The standard InChI is InChI=1S/C13H17BrN2S2/c1-2-16(9-10-4-3-7-17-10)11(8-15)12-5-6-13(14)18-12/h3-7,11H,2,8-9,15H2,1H3. The third kappa shape index (κ3) is 3.42. The summed E-state index contributed by atoms with van der Waals surface area (Å²) in [5.74, 6) is 0. The van der Waals surface area contributed by atoms with Crippen molar-refractivity contribution >= 4 is 38.6 Å². The largest absolute Gasteiger partial charge is 0.329 e. The van der Waals surface area contributed by atoms with E-state index in [-0.39, 0.29) is 0 Å². The molecule has 2 N–H and O–H groups in total. The van der Waals surface area contributed by atoms with Crippen LogP contribution in [0.2, 0.25) is 0 Å². The first-order valence-electron chi connectivity index (χ1n) is 5.96. The third-order valence-corrected chi connectivity index (χ3v) is 5.52. The molecule has 2 heterocycles. The van der Waals surface area contributed by atoms with E-state index in [1.165, 1.54) is 13.5 Å². The van der Waals surface area contributed by atoms with Gasteiger partial charge < -0.3 is 5.73 Å². The van der Waals surface area contributed by atoms with Gasteiger partial charge in [0.05, 0.1) is 9.83 Å². The molecule has 98 valence electrons. The topological polar surface area (TPSA) is 29.3 Å². The Hall–Kier alpha value is -0.200. The Morgan fingerprint density at radius 3 is 2.72 bits per heavy atom. The summed E-state index contributed by atoms with van der Waals surface area (Å²) in [5.41, 5.74) is 5.97. The van der Waals surface area contributed by atoms with Gasteiger partial charge in [-0.15, -0.1) is 22.7 Å². The molecule has 2 nitrogen and oxygen atoms in total. The fraction of sp³-hybridized carbons (Fsp3) is 0.385. The molecule has 2 aromatic rings.